The van der Waals surface area contributed by atoms with Crippen molar-refractivity contribution < 1.29 is 0 Å². The van der Waals surface area contributed by atoms with E-state index >= 15 is 0 Å². The number of aryl methyl sites for hydroxylation is 1. The van der Waals surface area contributed by atoms with E-state index in [2.05, 4.69) is 30.7 Å². The summed E-state index contributed by atoms with van der Waals surface area (Å²) in [7, 11) is 1.56. The van der Waals surface area contributed by atoms with Crippen LogP contribution in [0.25, 0.3) is 11.2 Å². The largest absolute Gasteiger partial charge is 0.318 e. The number of nitrogens with zero attached hydrogens (tertiary/aromatic N) is 5. The number of fused-ring (bicyclic) bond motifs is 1. The van der Waals surface area contributed by atoms with E-state index in [-0.39, 0.29) is 17.3 Å². The fourth-order valence-corrected chi connectivity index (χ4v) is 3.53. The highest BCUT2D eigenvalue weighted by Gasteiger charge is 2.29. The molecule has 0 saturated carbocycles. The Balaban J connectivity index is 2.12. The van der Waals surface area contributed by atoms with Crippen LogP contribution >= 0.6 is 0 Å². The molecule has 1 fully saturated rings. The number of hydrogen-bond acceptors (Lipinski definition) is 5. The van der Waals surface area contributed by atoms with E-state index in [0.29, 0.717) is 11.2 Å². The fourth-order valence-electron chi connectivity index (χ4n) is 3.53. The molecule has 0 aromatic carbocycles. The predicted molar refractivity (Wildman–Crippen MR) is 95.6 cm³/mol. The maximum Gasteiger partial charge on any atom is 0.318 e. The Hall–Kier alpha value is -2.46. The Labute approximate surface area is 146 Å². The molecular weight excluding hydrogens is 318 g/mol. The number of hydrogen-bond donors (Lipinski definition) is 0. The van der Waals surface area contributed by atoms with Crippen LogP contribution in [0.2, 0.25) is 0 Å². The minimum absolute atomic E-state index is 0.0797. The molecule has 1 aliphatic heterocycles. The van der Waals surface area contributed by atoms with Crippen molar-refractivity contribution in [2.45, 2.75) is 45.2 Å². The van der Waals surface area contributed by atoms with Crippen molar-refractivity contribution in [2.24, 2.45) is 7.05 Å². The Morgan fingerprint density at radius 3 is 2.36 bits per heavy atom. The van der Waals surface area contributed by atoms with Crippen molar-refractivity contribution in [3.05, 3.63) is 38.5 Å². The first-order valence-corrected chi connectivity index (χ1v) is 8.51. The Morgan fingerprint density at radius 1 is 1.16 bits per heavy atom. The first kappa shape index (κ1) is 17.4. The summed E-state index contributed by atoms with van der Waals surface area (Å²) in [5.74, 6) is 0. The summed E-state index contributed by atoms with van der Waals surface area (Å²) < 4.78 is 2.82. The third-order valence-electron chi connectivity index (χ3n) is 5.04. The van der Waals surface area contributed by atoms with Crippen molar-refractivity contribution in [3.63, 3.8) is 0 Å². The van der Waals surface area contributed by atoms with Crippen molar-refractivity contribution in [2.75, 3.05) is 13.1 Å². The van der Waals surface area contributed by atoms with Gasteiger partial charge in [-0.25, -0.2) is 4.98 Å². The van der Waals surface area contributed by atoms with Crippen molar-refractivity contribution >= 4 is 11.2 Å². The molecule has 2 aromatic rings. The second-order valence-electron chi connectivity index (χ2n) is 7.58. The molecular formula is C18H23N5O2. The fraction of sp³-hybridized carbons (Fsp3) is 0.556. The molecule has 0 radical (unpaired) electrons. The van der Waals surface area contributed by atoms with Crippen molar-refractivity contribution in [1.29, 1.82) is 5.26 Å². The number of aromatic nitrogens is 3. The van der Waals surface area contributed by atoms with Crippen LogP contribution in [0.4, 0.5) is 0 Å². The normalized spacial score (nSPS) is 16.9. The molecule has 0 bridgehead atoms. The van der Waals surface area contributed by atoms with Gasteiger partial charge in [-0.3, -0.25) is 19.1 Å². The van der Waals surface area contributed by atoms with Gasteiger partial charge >= 0.3 is 11.1 Å². The van der Waals surface area contributed by atoms with E-state index in [4.69, 9.17) is 5.26 Å². The van der Waals surface area contributed by atoms with Gasteiger partial charge in [0, 0.05) is 31.7 Å². The smallest absolute Gasteiger partial charge is 0.304 e. The molecule has 0 aliphatic carbocycles. The molecule has 0 spiro atoms. The van der Waals surface area contributed by atoms with Gasteiger partial charge in [-0.05, 0) is 45.7 Å². The molecule has 2 aromatic heterocycles. The highest BCUT2D eigenvalue weighted by Crippen LogP contribution is 2.27. The van der Waals surface area contributed by atoms with Crippen LogP contribution < -0.4 is 11.1 Å². The van der Waals surface area contributed by atoms with Gasteiger partial charge in [-0.1, -0.05) is 0 Å². The summed E-state index contributed by atoms with van der Waals surface area (Å²) in [5.41, 5.74) is 0.189. The van der Waals surface area contributed by atoms with E-state index < -0.39 is 11.1 Å². The zero-order valence-electron chi connectivity index (χ0n) is 15.1. The van der Waals surface area contributed by atoms with Gasteiger partial charge in [0.25, 0.3) is 0 Å². The molecule has 1 saturated heterocycles. The van der Waals surface area contributed by atoms with E-state index in [1.54, 1.807) is 19.2 Å². The SMILES string of the molecule is Cn1c(=O)c(=O)n(C2CCN(C(C)(C)C)CC2)c2nc(C#N)ccc21. The van der Waals surface area contributed by atoms with Gasteiger partial charge in [0.05, 0.1) is 5.52 Å². The zero-order valence-corrected chi connectivity index (χ0v) is 15.1. The number of rotatable bonds is 1. The molecule has 0 unspecified atom stereocenters. The van der Waals surface area contributed by atoms with Gasteiger partial charge in [-0.15, -0.1) is 0 Å². The number of nitriles is 1. The van der Waals surface area contributed by atoms with Crippen LogP contribution in [-0.4, -0.2) is 37.6 Å². The van der Waals surface area contributed by atoms with Crippen LogP contribution in [0.15, 0.2) is 21.7 Å². The molecule has 0 N–H and O–H groups in total. The second kappa shape index (κ2) is 6.12. The minimum atomic E-state index is -0.563. The van der Waals surface area contributed by atoms with E-state index in [1.807, 2.05) is 6.07 Å². The van der Waals surface area contributed by atoms with Crippen molar-refractivity contribution in [1.82, 2.24) is 19.0 Å². The summed E-state index contributed by atoms with van der Waals surface area (Å²) in [4.78, 5) is 31.7. The third-order valence-corrected chi connectivity index (χ3v) is 5.04. The van der Waals surface area contributed by atoms with E-state index in [1.165, 1.54) is 9.13 Å². The molecule has 25 heavy (non-hydrogen) atoms. The first-order valence-electron chi connectivity index (χ1n) is 8.51. The van der Waals surface area contributed by atoms with Crippen LogP contribution in [0.3, 0.4) is 0 Å². The lowest BCUT2D eigenvalue weighted by Gasteiger charge is -2.41. The van der Waals surface area contributed by atoms with Gasteiger partial charge in [0.2, 0.25) is 0 Å². The Morgan fingerprint density at radius 2 is 1.80 bits per heavy atom. The monoisotopic (exact) mass is 341 g/mol. The van der Waals surface area contributed by atoms with Gasteiger partial charge in [0.1, 0.15) is 11.8 Å². The molecule has 1 aliphatic rings. The average molecular weight is 341 g/mol. The highest BCUT2D eigenvalue weighted by molar-refractivity contribution is 5.71. The predicted octanol–water partition coefficient (Wildman–Crippen LogP) is 1.40. The average Bonchev–Trinajstić information content (AvgIpc) is 2.59. The van der Waals surface area contributed by atoms with Gasteiger partial charge < -0.3 is 4.57 Å². The molecule has 7 heteroatoms. The van der Waals surface area contributed by atoms with E-state index in [0.717, 1.165) is 25.9 Å². The third kappa shape index (κ3) is 2.98. The summed E-state index contributed by atoms with van der Waals surface area (Å²) in [6.07, 6.45) is 1.55. The second-order valence-corrected chi connectivity index (χ2v) is 7.58. The highest BCUT2D eigenvalue weighted by atomic mass is 16.2. The van der Waals surface area contributed by atoms with Crippen molar-refractivity contribution in [3.8, 4) is 6.07 Å². The quantitative estimate of drug-likeness (QED) is 0.732. The zero-order chi connectivity index (χ0) is 18.4. The van der Waals surface area contributed by atoms with Crippen LogP contribution in [0.1, 0.15) is 45.3 Å². The van der Waals surface area contributed by atoms with Crippen LogP contribution in [-0.2, 0) is 7.05 Å². The summed E-state index contributed by atoms with van der Waals surface area (Å²) in [6.45, 7) is 8.24. The van der Waals surface area contributed by atoms with Gasteiger partial charge in [-0.2, -0.15) is 5.26 Å². The number of pyridine rings is 1. The minimum Gasteiger partial charge on any atom is -0.304 e. The van der Waals surface area contributed by atoms with Crippen LogP contribution in [0, 0.1) is 11.3 Å². The summed E-state index contributed by atoms with van der Waals surface area (Å²) >= 11 is 0. The molecule has 7 nitrogen and oxygen atoms in total. The number of likely N-dealkylation sites (tertiary alicyclic amines) is 1. The molecule has 0 amide bonds. The Bertz CT molecular complexity index is 966. The lowest BCUT2D eigenvalue weighted by molar-refractivity contribution is 0.0897. The standard InChI is InChI=1S/C18H23N5O2/c1-18(2,3)22-9-7-13(8-10-22)23-15-14(6-5-12(11-19)20-15)21(4)16(24)17(23)25/h5-6,13H,7-10H2,1-4H3. The lowest BCUT2D eigenvalue weighted by Crippen LogP contribution is -2.49. The van der Waals surface area contributed by atoms with E-state index in [9.17, 15) is 9.59 Å². The molecule has 3 heterocycles. The molecule has 132 valence electrons. The topological polar surface area (TPSA) is 83.9 Å². The first-order chi connectivity index (χ1) is 11.7. The molecule has 0 atom stereocenters. The van der Waals surface area contributed by atoms with Crippen LogP contribution in [0.5, 0.6) is 0 Å². The van der Waals surface area contributed by atoms with Gasteiger partial charge in [0.15, 0.2) is 5.65 Å². The maximum atomic E-state index is 12.7. The summed E-state index contributed by atoms with van der Waals surface area (Å²) in [6, 6.07) is 5.18. The Kier molecular flexibility index (Phi) is 4.25. The summed E-state index contributed by atoms with van der Waals surface area (Å²) in [5, 5.41) is 9.14. The number of piperidine rings is 1. The molecule has 3 rings (SSSR count). The lowest BCUT2D eigenvalue weighted by atomic mass is 9.98. The maximum absolute atomic E-state index is 12.7.